The molecule has 0 spiro atoms. The molecule has 2 aliphatic carbocycles. The molecule has 5 heteroatoms. The highest BCUT2D eigenvalue weighted by Gasteiger charge is 2.20. The summed E-state index contributed by atoms with van der Waals surface area (Å²) < 4.78 is 3.76. The van der Waals surface area contributed by atoms with Gasteiger partial charge in [0.25, 0.3) is 5.56 Å². The van der Waals surface area contributed by atoms with E-state index in [1.807, 2.05) is 0 Å². The van der Waals surface area contributed by atoms with Gasteiger partial charge in [0, 0.05) is 19.3 Å². The van der Waals surface area contributed by atoms with Crippen LogP contribution >= 0.6 is 15.9 Å². The second-order valence-corrected chi connectivity index (χ2v) is 8.19. The minimum absolute atomic E-state index is 0.116. The van der Waals surface area contributed by atoms with Gasteiger partial charge in [-0.2, -0.15) is 0 Å². The molecule has 2 saturated carbocycles. The number of rotatable bonds is 4. The van der Waals surface area contributed by atoms with Crippen molar-refractivity contribution in [3.8, 4) is 0 Å². The molecule has 2 aliphatic rings. The van der Waals surface area contributed by atoms with Crippen molar-refractivity contribution in [1.82, 2.24) is 9.13 Å². The molecule has 0 atom stereocenters. The second kappa shape index (κ2) is 7.82. The Morgan fingerprint density at radius 1 is 0.870 bits per heavy atom. The van der Waals surface area contributed by atoms with Crippen molar-refractivity contribution in [2.45, 2.75) is 77.3 Å². The smallest absolute Gasteiger partial charge is 0.299 e. The first kappa shape index (κ1) is 17.0. The molecular weight excluding hydrogens is 356 g/mol. The Bertz CT molecular complexity index is 637. The lowest BCUT2D eigenvalue weighted by atomic mass is 9.89. The van der Waals surface area contributed by atoms with E-state index in [-0.39, 0.29) is 11.2 Å². The molecule has 0 radical (unpaired) electrons. The van der Waals surface area contributed by atoms with Crippen molar-refractivity contribution in [3.05, 3.63) is 31.5 Å². The van der Waals surface area contributed by atoms with E-state index in [1.54, 1.807) is 10.8 Å². The number of halogens is 1. The summed E-state index contributed by atoms with van der Waals surface area (Å²) in [5.74, 6) is 1.06. The number of hydrogen-bond donors (Lipinski definition) is 0. The maximum atomic E-state index is 12.8. The van der Waals surface area contributed by atoms with E-state index >= 15 is 0 Å². The van der Waals surface area contributed by atoms with Crippen LogP contribution in [-0.4, -0.2) is 9.13 Å². The van der Waals surface area contributed by atoms with Gasteiger partial charge >= 0.3 is 5.69 Å². The second-order valence-electron chi connectivity index (χ2n) is 7.34. The Balaban J connectivity index is 1.82. The highest BCUT2D eigenvalue weighted by Crippen LogP contribution is 2.25. The van der Waals surface area contributed by atoms with Gasteiger partial charge in [0.15, 0.2) is 0 Å². The largest absolute Gasteiger partial charge is 0.331 e. The van der Waals surface area contributed by atoms with E-state index in [2.05, 4.69) is 15.9 Å². The summed E-state index contributed by atoms with van der Waals surface area (Å²) in [4.78, 5) is 25.2. The highest BCUT2D eigenvalue weighted by molar-refractivity contribution is 9.10. The lowest BCUT2D eigenvalue weighted by Gasteiger charge is -2.24. The topological polar surface area (TPSA) is 44.0 Å². The fourth-order valence-corrected chi connectivity index (χ4v) is 4.65. The minimum Gasteiger partial charge on any atom is -0.299 e. The lowest BCUT2D eigenvalue weighted by Crippen LogP contribution is -2.42. The molecule has 2 fully saturated rings. The van der Waals surface area contributed by atoms with E-state index in [1.165, 1.54) is 55.9 Å². The van der Waals surface area contributed by atoms with Crippen molar-refractivity contribution in [2.75, 3.05) is 0 Å². The van der Waals surface area contributed by atoms with Gasteiger partial charge in [-0.05, 0) is 53.4 Å². The zero-order chi connectivity index (χ0) is 16.2. The number of aromatic nitrogens is 2. The molecule has 1 aromatic rings. The standard InChI is InChI=1S/C18H27BrN2O2/c19-16-13-20(11-14-7-3-1-4-8-14)18(23)21(17(16)22)12-15-9-5-2-6-10-15/h13-15H,1-12H2. The summed E-state index contributed by atoms with van der Waals surface area (Å²) in [5, 5.41) is 0. The van der Waals surface area contributed by atoms with Crippen molar-refractivity contribution < 1.29 is 0 Å². The van der Waals surface area contributed by atoms with Crippen LogP contribution in [0.3, 0.4) is 0 Å². The van der Waals surface area contributed by atoms with Crippen molar-refractivity contribution in [3.63, 3.8) is 0 Å². The van der Waals surface area contributed by atoms with E-state index in [0.717, 1.165) is 19.4 Å². The van der Waals surface area contributed by atoms with Crippen LogP contribution in [0.5, 0.6) is 0 Å². The molecule has 0 bridgehead atoms. The van der Waals surface area contributed by atoms with Crippen LogP contribution in [0.1, 0.15) is 64.2 Å². The van der Waals surface area contributed by atoms with Gasteiger partial charge in [-0.3, -0.25) is 13.9 Å². The predicted octanol–water partition coefficient (Wildman–Crippen LogP) is 3.93. The van der Waals surface area contributed by atoms with Gasteiger partial charge in [-0.1, -0.05) is 38.5 Å². The zero-order valence-corrected chi connectivity index (χ0v) is 15.4. The summed E-state index contributed by atoms with van der Waals surface area (Å²) in [6.07, 6.45) is 14.0. The molecule has 4 nitrogen and oxygen atoms in total. The molecule has 0 N–H and O–H groups in total. The van der Waals surface area contributed by atoms with Crippen LogP contribution in [0.25, 0.3) is 0 Å². The van der Waals surface area contributed by atoms with Crippen LogP contribution < -0.4 is 11.2 Å². The SMILES string of the molecule is O=c1c(Br)cn(CC2CCCCC2)c(=O)n1CC1CCCCC1. The summed E-state index contributed by atoms with van der Waals surface area (Å²) in [5.41, 5.74) is -0.283. The van der Waals surface area contributed by atoms with E-state index in [0.29, 0.717) is 22.9 Å². The highest BCUT2D eigenvalue weighted by atomic mass is 79.9. The van der Waals surface area contributed by atoms with Crippen LogP contribution in [0.4, 0.5) is 0 Å². The van der Waals surface area contributed by atoms with Gasteiger partial charge in [0.05, 0.1) is 4.47 Å². The first-order chi connectivity index (χ1) is 11.1. The van der Waals surface area contributed by atoms with E-state index in [4.69, 9.17) is 0 Å². The molecule has 0 saturated heterocycles. The lowest BCUT2D eigenvalue weighted by molar-refractivity contribution is 0.292. The van der Waals surface area contributed by atoms with Crippen LogP contribution in [0.15, 0.2) is 20.3 Å². The van der Waals surface area contributed by atoms with Crippen LogP contribution in [-0.2, 0) is 13.1 Å². The molecule has 23 heavy (non-hydrogen) atoms. The monoisotopic (exact) mass is 382 g/mol. The maximum Gasteiger partial charge on any atom is 0.331 e. The predicted molar refractivity (Wildman–Crippen MR) is 95.8 cm³/mol. The molecule has 0 aliphatic heterocycles. The third-order valence-corrected chi connectivity index (χ3v) is 6.08. The summed E-state index contributed by atoms with van der Waals surface area (Å²) in [6.45, 7) is 1.34. The van der Waals surface area contributed by atoms with Crippen LogP contribution in [0, 0.1) is 11.8 Å². The molecular formula is C18H27BrN2O2. The van der Waals surface area contributed by atoms with Crippen LogP contribution in [0.2, 0.25) is 0 Å². The fraction of sp³-hybridized carbons (Fsp3) is 0.778. The van der Waals surface area contributed by atoms with E-state index in [9.17, 15) is 9.59 Å². The van der Waals surface area contributed by atoms with Gasteiger partial charge in [0.2, 0.25) is 0 Å². The van der Waals surface area contributed by atoms with Crippen molar-refractivity contribution in [2.24, 2.45) is 11.8 Å². The Morgan fingerprint density at radius 2 is 1.39 bits per heavy atom. The average Bonchev–Trinajstić information content (AvgIpc) is 2.58. The number of hydrogen-bond acceptors (Lipinski definition) is 2. The van der Waals surface area contributed by atoms with Gasteiger partial charge in [-0.15, -0.1) is 0 Å². The van der Waals surface area contributed by atoms with E-state index < -0.39 is 0 Å². The van der Waals surface area contributed by atoms with Gasteiger partial charge in [0.1, 0.15) is 0 Å². The van der Waals surface area contributed by atoms with Gasteiger partial charge < -0.3 is 0 Å². The van der Waals surface area contributed by atoms with Crippen molar-refractivity contribution >= 4 is 15.9 Å². The minimum atomic E-state index is -0.166. The Hall–Kier alpha value is -0.840. The normalized spacial score (nSPS) is 20.7. The number of nitrogens with zero attached hydrogens (tertiary/aromatic N) is 2. The summed E-state index contributed by atoms with van der Waals surface area (Å²) in [6, 6.07) is 0. The van der Waals surface area contributed by atoms with Crippen molar-refractivity contribution in [1.29, 1.82) is 0 Å². The van der Waals surface area contributed by atoms with Gasteiger partial charge in [-0.25, -0.2) is 4.79 Å². The molecule has 1 aromatic heterocycles. The summed E-state index contributed by atoms with van der Waals surface area (Å²) in [7, 11) is 0. The first-order valence-electron chi connectivity index (χ1n) is 9.15. The maximum absolute atomic E-state index is 12.8. The molecule has 3 rings (SSSR count). The Morgan fingerprint density at radius 3 is 1.96 bits per heavy atom. The molecule has 0 unspecified atom stereocenters. The molecule has 0 amide bonds. The quantitative estimate of drug-likeness (QED) is 0.791. The average molecular weight is 383 g/mol. The fourth-order valence-electron chi connectivity index (χ4n) is 4.19. The first-order valence-corrected chi connectivity index (χ1v) is 9.94. The Kier molecular flexibility index (Phi) is 5.78. The molecule has 128 valence electrons. The third kappa shape index (κ3) is 4.17. The zero-order valence-electron chi connectivity index (χ0n) is 13.8. The molecule has 1 heterocycles. The molecule has 0 aromatic carbocycles. The Labute approximate surface area is 146 Å². The summed E-state index contributed by atoms with van der Waals surface area (Å²) >= 11 is 3.37. The third-order valence-electron chi connectivity index (χ3n) is 5.54.